The number of hydrogen-bond acceptors (Lipinski definition) is 3. The Bertz CT molecular complexity index is 649. The summed E-state index contributed by atoms with van der Waals surface area (Å²) in [6.07, 6.45) is 17.7. The van der Waals surface area contributed by atoms with Crippen molar-refractivity contribution >= 4 is 12.0 Å². The molecule has 0 saturated heterocycles. The average Bonchev–Trinajstić information content (AvgIpc) is 3.15. The number of nitrogens with one attached hydrogen (secondary N) is 1. The summed E-state index contributed by atoms with van der Waals surface area (Å²) in [6, 6.07) is 6.06. The van der Waals surface area contributed by atoms with Crippen molar-refractivity contribution in [1.29, 1.82) is 0 Å². The number of rotatable bonds is 13. The van der Waals surface area contributed by atoms with Gasteiger partial charge in [0.05, 0.1) is 0 Å². The lowest BCUT2D eigenvalue weighted by Gasteiger charge is -2.04. The third-order valence-corrected chi connectivity index (χ3v) is 4.65. The van der Waals surface area contributed by atoms with Gasteiger partial charge in [0.2, 0.25) is 12.7 Å². The molecule has 0 spiro atoms. The fourth-order valence-electron chi connectivity index (χ4n) is 3.02. The van der Waals surface area contributed by atoms with E-state index in [9.17, 15) is 4.79 Å². The standard InChI is InChI=1S/C24H35NO3/c1-20(2)18-25-24(26)14-12-10-8-6-4-3-5-7-9-11-13-21-15-16-22-23(17-21)28-19-27-22/h11-17,20H,3-10,18-19H2,1-2H3,(H,25,26). The van der Waals surface area contributed by atoms with Gasteiger partial charge in [-0.2, -0.15) is 0 Å². The number of ether oxygens (including phenoxy) is 2. The van der Waals surface area contributed by atoms with Gasteiger partial charge in [-0.15, -0.1) is 0 Å². The van der Waals surface area contributed by atoms with E-state index < -0.39 is 0 Å². The second kappa shape index (κ2) is 13.0. The highest BCUT2D eigenvalue weighted by Gasteiger charge is 2.11. The van der Waals surface area contributed by atoms with E-state index in [0.29, 0.717) is 12.7 Å². The van der Waals surface area contributed by atoms with Crippen molar-refractivity contribution in [1.82, 2.24) is 5.32 Å². The fourth-order valence-corrected chi connectivity index (χ4v) is 3.02. The van der Waals surface area contributed by atoms with Crippen molar-refractivity contribution in [2.45, 2.75) is 65.2 Å². The van der Waals surface area contributed by atoms with Gasteiger partial charge in [0.1, 0.15) is 0 Å². The van der Waals surface area contributed by atoms with E-state index in [4.69, 9.17) is 9.47 Å². The Morgan fingerprint density at radius 3 is 2.43 bits per heavy atom. The minimum atomic E-state index is 0.0301. The molecule has 154 valence electrons. The van der Waals surface area contributed by atoms with Gasteiger partial charge in [-0.25, -0.2) is 0 Å². The Balaban J connectivity index is 1.42. The summed E-state index contributed by atoms with van der Waals surface area (Å²) >= 11 is 0. The molecule has 0 radical (unpaired) electrons. The van der Waals surface area contributed by atoms with Crippen LogP contribution in [0.2, 0.25) is 0 Å². The Hall–Kier alpha value is -2.23. The summed E-state index contributed by atoms with van der Waals surface area (Å²) in [5.74, 6) is 2.20. The second-order valence-corrected chi connectivity index (χ2v) is 7.76. The summed E-state index contributed by atoms with van der Waals surface area (Å²) in [6.45, 7) is 5.26. The average molecular weight is 386 g/mol. The molecule has 1 aromatic carbocycles. The van der Waals surface area contributed by atoms with E-state index in [1.54, 1.807) is 6.08 Å². The van der Waals surface area contributed by atoms with E-state index in [1.165, 1.54) is 32.1 Å². The van der Waals surface area contributed by atoms with E-state index in [2.05, 4.69) is 37.4 Å². The molecule has 0 unspecified atom stereocenters. The number of fused-ring (bicyclic) bond motifs is 1. The molecule has 4 nitrogen and oxygen atoms in total. The molecule has 1 aliphatic heterocycles. The van der Waals surface area contributed by atoms with Crippen LogP contribution in [-0.4, -0.2) is 19.2 Å². The predicted molar refractivity (Wildman–Crippen MR) is 116 cm³/mol. The number of unbranched alkanes of at least 4 members (excludes halogenated alkanes) is 7. The molecule has 1 aromatic rings. The van der Waals surface area contributed by atoms with E-state index in [-0.39, 0.29) is 5.91 Å². The smallest absolute Gasteiger partial charge is 0.243 e. The molecule has 0 aromatic heterocycles. The van der Waals surface area contributed by atoms with Gasteiger partial charge in [0, 0.05) is 6.54 Å². The van der Waals surface area contributed by atoms with Crippen molar-refractivity contribution in [3.63, 3.8) is 0 Å². The van der Waals surface area contributed by atoms with Gasteiger partial charge in [-0.3, -0.25) is 4.79 Å². The minimum Gasteiger partial charge on any atom is -0.454 e. The second-order valence-electron chi connectivity index (χ2n) is 7.76. The minimum absolute atomic E-state index is 0.0301. The zero-order valence-electron chi connectivity index (χ0n) is 17.4. The van der Waals surface area contributed by atoms with Gasteiger partial charge >= 0.3 is 0 Å². The van der Waals surface area contributed by atoms with E-state index >= 15 is 0 Å². The molecule has 0 atom stereocenters. The van der Waals surface area contributed by atoms with Crippen LogP contribution >= 0.6 is 0 Å². The maximum Gasteiger partial charge on any atom is 0.243 e. The number of amides is 1. The van der Waals surface area contributed by atoms with Gasteiger partial charge in [-0.1, -0.05) is 63.8 Å². The Kier molecular flexibility index (Phi) is 10.3. The molecule has 1 heterocycles. The SMILES string of the molecule is CC(C)CNC(=O)C=CCCCCCCCCC=Cc1ccc2c(c1)OCO2. The largest absolute Gasteiger partial charge is 0.454 e. The monoisotopic (exact) mass is 385 g/mol. The molecule has 1 N–H and O–H groups in total. The predicted octanol–water partition coefficient (Wildman–Crippen LogP) is 5.88. The molecule has 1 aliphatic rings. The lowest BCUT2D eigenvalue weighted by molar-refractivity contribution is -0.116. The Labute approximate surface area is 170 Å². The van der Waals surface area contributed by atoms with Gasteiger partial charge < -0.3 is 14.8 Å². The molecule has 4 heteroatoms. The Morgan fingerprint density at radius 1 is 1.00 bits per heavy atom. The number of allylic oxidation sites excluding steroid dienone is 2. The van der Waals surface area contributed by atoms with Crippen molar-refractivity contribution in [2.75, 3.05) is 13.3 Å². The van der Waals surface area contributed by atoms with Crippen LogP contribution < -0.4 is 14.8 Å². The van der Waals surface area contributed by atoms with Crippen molar-refractivity contribution in [3.05, 3.63) is 42.0 Å². The summed E-state index contributed by atoms with van der Waals surface area (Å²) in [4.78, 5) is 11.5. The molecule has 0 aliphatic carbocycles. The molecular formula is C24H35NO3. The maximum absolute atomic E-state index is 11.5. The van der Waals surface area contributed by atoms with E-state index in [0.717, 1.165) is 42.9 Å². The van der Waals surface area contributed by atoms with E-state index in [1.807, 2.05) is 18.2 Å². The highest BCUT2D eigenvalue weighted by atomic mass is 16.7. The first-order chi connectivity index (χ1) is 13.6. The summed E-state index contributed by atoms with van der Waals surface area (Å²) in [5, 5.41) is 2.90. The number of carbonyl (C=O) groups excluding carboxylic acids is 1. The lowest BCUT2D eigenvalue weighted by Crippen LogP contribution is -2.25. The maximum atomic E-state index is 11.5. The Morgan fingerprint density at radius 2 is 1.68 bits per heavy atom. The number of benzene rings is 1. The molecule has 28 heavy (non-hydrogen) atoms. The quantitative estimate of drug-likeness (QED) is 0.341. The first kappa shape index (κ1) is 22.1. The highest BCUT2D eigenvalue weighted by Crippen LogP contribution is 2.32. The summed E-state index contributed by atoms with van der Waals surface area (Å²) < 4.78 is 10.7. The first-order valence-corrected chi connectivity index (χ1v) is 10.7. The van der Waals surface area contributed by atoms with Crippen molar-refractivity contribution < 1.29 is 14.3 Å². The zero-order chi connectivity index (χ0) is 20.0. The molecular weight excluding hydrogens is 350 g/mol. The van der Waals surface area contributed by atoms with Gasteiger partial charge in [0.25, 0.3) is 0 Å². The topological polar surface area (TPSA) is 47.6 Å². The fraction of sp³-hybridized carbons (Fsp3) is 0.542. The van der Waals surface area contributed by atoms with Crippen LogP contribution in [0, 0.1) is 5.92 Å². The third kappa shape index (κ3) is 9.12. The van der Waals surface area contributed by atoms with Crippen molar-refractivity contribution in [2.24, 2.45) is 5.92 Å². The third-order valence-electron chi connectivity index (χ3n) is 4.65. The van der Waals surface area contributed by atoms with Gasteiger partial charge in [0.15, 0.2) is 11.5 Å². The van der Waals surface area contributed by atoms with Crippen LogP contribution in [0.1, 0.15) is 70.8 Å². The van der Waals surface area contributed by atoms with Crippen LogP contribution in [0.4, 0.5) is 0 Å². The number of hydrogen-bond donors (Lipinski definition) is 1. The number of carbonyl (C=O) groups is 1. The molecule has 0 fully saturated rings. The highest BCUT2D eigenvalue weighted by molar-refractivity contribution is 5.87. The lowest BCUT2D eigenvalue weighted by atomic mass is 10.1. The normalized spacial score (nSPS) is 13.1. The summed E-state index contributed by atoms with van der Waals surface area (Å²) in [5.41, 5.74) is 1.16. The van der Waals surface area contributed by atoms with Crippen LogP contribution in [0.15, 0.2) is 36.4 Å². The first-order valence-electron chi connectivity index (χ1n) is 10.7. The van der Waals surface area contributed by atoms with Crippen LogP contribution in [0.5, 0.6) is 11.5 Å². The van der Waals surface area contributed by atoms with Crippen LogP contribution in [-0.2, 0) is 4.79 Å². The molecule has 2 rings (SSSR count). The summed E-state index contributed by atoms with van der Waals surface area (Å²) in [7, 11) is 0. The van der Waals surface area contributed by atoms with Crippen LogP contribution in [0.3, 0.4) is 0 Å². The van der Waals surface area contributed by atoms with Gasteiger partial charge in [-0.05, 0) is 55.4 Å². The van der Waals surface area contributed by atoms with Crippen LogP contribution in [0.25, 0.3) is 6.08 Å². The zero-order valence-corrected chi connectivity index (χ0v) is 17.4. The van der Waals surface area contributed by atoms with Crippen molar-refractivity contribution in [3.8, 4) is 11.5 Å². The molecule has 0 bridgehead atoms. The molecule has 1 amide bonds. The molecule has 0 saturated carbocycles.